The molecule has 11 heteroatoms. The van der Waals surface area contributed by atoms with E-state index in [0.29, 0.717) is 28.0 Å². The first-order valence-corrected chi connectivity index (χ1v) is 11.1. The largest absolute Gasteiger partial charge is 0.408 e. The molecule has 5 aromatic rings. The molecule has 0 amide bonds. The Labute approximate surface area is 198 Å². The summed E-state index contributed by atoms with van der Waals surface area (Å²) >= 11 is 0. The Balaban J connectivity index is 1.46. The quantitative estimate of drug-likeness (QED) is 0.429. The van der Waals surface area contributed by atoms with E-state index in [2.05, 4.69) is 25.8 Å². The minimum atomic E-state index is -0.534. The lowest BCUT2D eigenvalue weighted by atomic mass is 10.1. The van der Waals surface area contributed by atoms with Gasteiger partial charge in [0, 0.05) is 48.5 Å². The van der Waals surface area contributed by atoms with Gasteiger partial charge in [0.15, 0.2) is 23.0 Å². The standard InChI is InChI=1S/C24H21FN8O2/c1-13-6-21(35-30-13)16-8-19(25)23-29-28-22(33(23)12-16)14(2)32-5-4-20-18(24(32)34)7-15(9-26-20)17-10-27-31(3)11-17/h4-14,30H,1-3H3. The molecule has 0 aromatic carbocycles. The van der Waals surface area contributed by atoms with E-state index in [1.54, 1.807) is 44.5 Å². The Morgan fingerprint density at radius 1 is 1.14 bits per heavy atom. The van der Waals surface area contributed by atoms with Crippen LogP contribution in [0.25, 0.3) is 33.4 Å². The van der Waals surface area contributed by atoms with Crippen LogP contribution < -0.4 is 11.0 Å². The summed E-state index contributed by atoms with van der Waals surface area (Å²) in [6.45, 7) is 3.75. The van der Waals surface area contributed by atoms with Crippen molar-refractivity contribution in [3.05, 3.63) is 82.8 Å². The van der Waals surface area contributed by atoms with Crippen molar-refractivity contribution in [2.45, 2.75) is 25.9 Å². The maximum atomic E-state index is 14.9. The molecule has 5 aromatic heterocycles. The molecule has 0 saturated heterocycles. The second-order valence-electron chi connectivity index (χ2n) is 8.63. The molecule has 0 spiro atoms. The highest BCUT2D eigenvalue weighted by atomic mass is 19.1. The molecule has 1 aliphatic heterocycles. The number of halogens is 1. The normalized spacial score (nSPS) is 16.6. The number of aryl methyl sites for hydroxylation is 1. The van der Waals surface area contributed by atoms with E-state index >= 15 is 0 Å². The number of nitrogens with one attached hydrogen (secondary N) is 1. The Bertz CT molecular complexity index is 1700. The molecule has 1 N–H and O–H groups in total. The molecule has 176 valence electrons. The summed E-state index contributed by atoms with van der Waals surface area (Å²) in [4.78, 5) is 23.4. The van der Waals surface area contributed by atoms with Gasteiger partial charge in [-0.1, -0.05) is 0 Å². The topological polar surface area (TPSA) is 104 Å². The molecule has 0 fully saturated rings. The van der Waals surface area contributed by atoms with Gasteiger partial charge in [0.1, 0.15) is 0 Å². The molecule has 6 heterocycles. The van der Waals surface area contributed by atoms with Gasteiger partial charge in [-0.3, -0.25) is 18.9 Å². The first kappa shape index (κ1) is 21.2. The highest BCUT2D eigenvalue weighted by molar-refractivity contribution is 5.82. The average molecular weight is 472 g/mol. The second-order valence-corrected chi connectivity index (χ2v) is 8.63. The zero-order chi connectivity index (χ0) is 24.3. The number of nitrogens with zero attached hydrogens (tertiary/aromatic N) is 7. The Hall–Kier alpha value is -4.38. The third-order valence-corrected chi connectivity index (χ3v) is 6.13. The lowest BCUT2D eigenvalue weighted by molar-refractivity contribution is 0.167. The highest BCUT2D eigenvalue weighted by Crippen LogP contribution is 2.26. The van der Waals surface area contributed by atoms with E-state index in [1.807, 2.05) is 39.2 Å². The van der Waals surface area contributed by atoms with Crippen LogP contribution in [0.1, 0.15) is 31.3 Å². The third kappa shape index (κ3) is 3.48. The van der Waals surface area contributed by atoms with Crippen molar-refractivity contribution in [1.29, 1.82) is 0 Å². The van der Waals surface area contributed by atoms with Crippen LogP contribution in [0.4, 0.5) is 4.39 Å². The monoisotopic (exact) mass is 472 g/mol. The molecule has 1 aliphatic rings. The van der Waals surface area contributed by atoms with Crippen molar-refractivity contribution >= 4 is 22.3 Å². The van der Waals surface area contributed by atoms with Crippen molar-refractivity contribution in [3.8, 4) is 11.1 Å². The van der Waals surface area contributed by atoms with E-state index in [1.165, 1.54) is 6.07 Å². The van der Waals surface area contributed by atoms with Gasteiger partial charge < -0.3 is 9.40 Å². The first-order valence-electron chi connectivity index (χ1n) is 11.1. The molecular weight excluding hydrogens is 451 g/mol. The molecule has 10 nitrogen and oxygen atoms in total. The maximum absolute atomic E-state index is 14.9. The minimum absolute atomic E-state index is 0.00408. The average Bonchev–Trinajstić information content (AvgIpc) is 3.58. The van der Waals surface area contributed by atoms with Crippen LogP contribution in [0.15, 0.2) is 60.1 Å². The molecule has 2 atom stereocenters. The number of rotatable bonds is 4. The van der Waals surface area contributed by atoms with Gasteiger partial charge in [0.05, 0.1) is 29.2 Å². The fourth-order valence-electron chi connectivity index (χ4n) is 4.29. The van der Waals surface area contributed by atoms with Gasteiger partial charge in [-0.05, 0) is 38.1 Å². The van der Waals surface area contributed by atoms with Gasteiger partial charge in [-0.25, -0.2) is 4.39 Å². The number of hydrogen-bond acceptors (Lipinski definition) is 7. The van der Waals surface area contributed by atoms with Gasteiger partial charge in [-0.15, -0.1) is 15.7 Å². The summed E-state index contributed by atoms with van der Waals surface area (Å²) in [5.74, 6) is 0.398. The van der Waals surface area contributed by atoms with Crippen molar-refractivity contribution in [2.75, 3.05) is 0 Å². The van der Waals surface area contributed by atoms with Gasteiger partial charge in [-0.2, -0.15) is 5.10 Å². The predicted molar refractivity (Wildman–Crippen MR) is 127 cm³/mol. The van der Waals surface area contributed by atoms with Crippen LogP contribution >= 0.6 is 0 Å². The fourth-order valence-corrected chi connectivity index (χ4v) is 4.29. The molecule has 0 saturated carbocycles. The van der Waals surface area contributed by atoms with E-state index in [9.17, 15) is 9.18 Å². The fraction of sp³-hybridized carbons (Fsp3) is 0.208. The van der Waals surface area contributed by atoms with Crippen LogP contribution in [0.2, 0.25) is 0 Å². The lowest BCUT2D eigenvalue weighted by Crippen LogP contribution is -2.25. The summed E-state index contributed by atoms with van der Waals surface area (Å²) < 4.78 is 19.7. The number of aromatic nitrogens is 7. The summed E-state index contributed by atoms with van der Waals surface area (Å²) in [5, 5.41) is 12.9. The zero-order valence-corrected chi connectivity index (χ0v) is 19.2. The van der Waals surface area contributed by atoms with Crippen LogP contribution in [0.5, 0.6) is 0 Å². The zero-order valence-electron chi connectivity index (χ0n) is 19.2. The third-order valence-electron chi connectivity index (χ3n) is 6.13. The SMILES string of the molecule is CC1C=C(c2cc(F)c3nnc(C(C)n4ccc5ncc(-c6cnn(C)c6)cc5c4=O)n3c2)ON1. The minimum Gasteiger partial charge on any atom is -0.408 e. The molecular formula is C24H21FN8O2. The molecule has 0 bridgehead atoms. The van der Waals surface area contributed by atoms with Gasteiger partial charge >= 0.3 is 0 Å². The van der Waals surface area contributed by atoms with Crippen LogP contribution in [0, 0.1) is 5.82 Å². The summed E-state index contributed by atoms with van der Waals surface area (Å²) in [5.41, 5.74) is 5.44. The van der Waals surface area contributed by atoms with Crippen molar-refractivity contribution in [2.24, 2.45) is 7.05 Å². The van der Waals surface area contributed by atoms with Crippen LogP contribution in [-0.2, 0) is 11.9 Å². The Morgan fingerprint density at radius 2 is 2.00 bits per heavy atom. The van der Waals surface area contributed by atoms with E-state index in [4.69, 9.17) is 4.84 Å². The Morgan fingerprint density at radius 3 is 2.74 bits per heavy atom. The smallest absolute Gasteiger partial charge is 0.260 e. The molecule has 2 unspecified atom stereocenters. The maximum Gasteiger partial charge on any atom is 0.260 e. The van der Waals surface area contributed by atoms with E-state index in [0.717, 1.165) is 11.1 Å². The van der Waals surface area contributed by atoms with Crippen LogP contribution in [-0.4, -0.2) is 40.0 Å². The van der Waals surface area contributed by atoms with Crippen molar-refractivity contribution in [3.63, 3.8) is 0 Å². The van der Waals surface area contributed by atoms with E-state index < -0.39 is 11.9 Å². The van der Waals surface area contributed by atoms with Gasteiger partial charge in [0.2, 0.25) is 0 Å². The van der Waals surface area contributed by atoms with Crippen molar-refractivity contribution in [1.82, 2.24) is 39.4 Å². The lowest BCUT2D eigenvalue weighted by Gasteiger charge is -2.15. The van der Waals surface area contributed by atoms with E-state index in [-0.39, 0.29) is 17.2 Å². The summed E-state index contributed by atoms with van der Waals surface area (Å²) in [7, 11) is 1.83. The Kier molecular flexibility index (Phi) is 4.74. The molecule has 35 heavy (non-hydrogen) atoms. The summed E-state index contributed by atoms with van der Waals surface area (Å²) in [6.07, 6.45) is 10.5. The molecule has 0 aliphatic carbocycles. The summed E-state index contributed by atoms with van der Waals surface area (Å²) in [6, 6.07) is 4.42. The number of hydrogen-bond donors (Lipinski definition) is 1. The predicted octanol–water partition coefficient (Wildman–Crippen LogP) is 2.85. The molecule has 0 radical (unpaired) electrons. The number of hydroxylamine groups is 1. The van der Waals surface area contributed by atoms with Gasteiger partial charge in [0.25, 0.3) is 5.56 Å². The highest BCUT2D eigenvalue weighted by Gasteiger charge is 2.22. The first-order chi connectivity index (χ1) is 16.9. The number of pyridine rings is 3. The number of fused-ring (bicyclic) bond motifs is 2. The second kappa shape index (κ2) is 7.84. The van der Waals surface area contributed by atoms with Crippen LogP contribution in [0.3, 0.4) is 0 Å². The molecule has 6 rings (SSSR count). The van der Waals surface area contributed by atoms with Crippen molar-refractivity contribution < 1.29 is 9.23 Å².